The number of rotatable bonds is 8. The van der Waals surface area contributed by atoms with Gasteiger partial charge in [0.2, 0.25) is 0 Å². The Morgan fingerprint density at radius 3 is 2.70 bits per heavy atom. The topological polar surface area (TPSA) is 86.2 Å². The van der Waals surface area contributed by atoms with Crippen LogP contribution in [0.3, 0.4) is 0 Å². The minimum absolute atomic E-state index is 0.0958. The molecule has 1 N–H and O–H groups in total. The van der Waals surface area contributed by atoms with E-state index in [0.717, 1.165) is 35.7 Å². The third-order valence-electron chi connectivity index (χ3n) is 5.56. The number of aromatic nitrogens is 3. The van der Waals surface area contributed by atoms with Gasteiger partial charge in [0, 0.05) is 35.0 Å². The van der Waals surface area contributed by atoms with Gasteiger partial charge in [-0.15, -0.1) is 11.3 Å². The molecule has 174 valence electrons. The first-order chi connectivity index (χ1) is 15.9. The lowest BCUT2D eigenvalue weighted by Gasteiger charge is -2.16. The lowest BCUT2D eigenvalue weighted by molar-refractivity contribution is 0.0679. The van der Waals surface area contributed by atoms with Gasteiger partial charge in [0.15, 0.2) is 0 Å². The van der Waals surface area contributed by atoms with E-state index in [2.05, 4.69) is 34.1 Å². The van der Waals surface area contributed by atoms with Crippen molar-refractivity contribution in [3.8, 4) is 16.3 Å². The zero-order valence-electron chi connectivity index (χ0n) is 19.5. The average Bonchev–Trinajstić information content (AvgIpc) is 3.50. The van der Waals surface area contributed by atoms with E-state index >= 15 is 0 Å². The van der Waals surface area contributed by atoms with Crippen LogP contribution in [0, 0.1) is 6.92 Å². The molecule has 0 bridgehead atoms. The number of carbonyl (C=O) groups excluding carboxylic acids is 1. The molecule has 1 saturated heterocycles. The lowest BCUT2D eigenvalue weighted by atomic mass is 10.1. The second-order valence-electron chi connectivity index (χ2n) is 8.69. The predicted molar refractivity (Wildman–Crippen MR) is 129 cm³/mol. The van der Waals surface area contributed by atoms with Crippen LogP contribution in [0.1, 0.15) is 72.2 Å². The van der Waals surface area contributed by atoms with Crippen molar-refractivity contribution in [1.82, 2.24) is 20.3 Å². The average molecular weight is 467 g/mol. The minimum atomic E-state index is -0.280. The zero-order chi connectivity index (χ0) is 23.4. The molecule has 3 aromatic rings. The molecule has 4 rings (SSSR count). The van der Waals surface area contributed by atoms with Gasteiger partial charge in [-0.1, -0.05) is 13.8 Å². The Hall–Kier alpha value is -2.84. The Labute approximate surface area is 198 Å². The molecule has 0 unspecified atom stereocenters. The summed E-state index contributed by atoms with van der Waals surface area (Å²) in [5.41, 5.74) is 2.93. The fourth-order valence-corrected chi connectivity index (χ4v) is 4.47. The highest BCUT2D eigenvalue weighted by molar-refractivity contribution is 7.15. The molecule has 1 aromatic carbocycles. The highest BCUT2D eigenvalue weighted by atomic mass is 32.1. The molecule has 2 atom stereocenters. The summed E-state index contributed by atoms with van der Waals surface area (Å²) >= 11 is 1.64. The quantitative estimate of drug-likeness (QED) is 0.498. The molecule has 1 amide bonds. The molecule has 1 aliphatic rings. The summed E-state index contributed by atoms with van der Waals surface area (Å²) in [4.78, 5) is 27.6. The monoisotopic (exact) mass is 466 g/mol. The van der Waals surface area contributed by atoms with Crippen molar-refractivity contribution < 1.29 is 14.3 Å². The van der Waals surface area contributed by atoms with E-state index in [9.17, 15) is 4.79 Å². The van der Waals surface area contributed by atoms with Crippen LogP contribution in [0.5, 0.6) is 5.75 Å². The maximum absolute atomic E-state index is 13.1. The number of aryl methyl sites for hydroxylation is 1. The standard InChI is InChI=1S/C25H30N4O3S/c1-15(2)23-13-28-25(33-23)19-8-18(9-21(10-19)32-14-20-6-5-7-31-20)24(30)29-17(4)22-12-26-16(3)11-27-22/h8-13,15,17,20H,5-7,14H2,1-4H3,(H,29,30)/t17-,20-/m1/s1. The molecule has 2 aromatic heterocycles. The van der Waals surface area contributed by atoms with Crippen molar-refractivity contribution in [2.24, 2.45) is 0 Å². The summed E-state index contributed by atoms with van der Waals surface area (Å²) in [6.45, 7) is 9.31. The Morgan fingerprint density at radius 1 is 1.18 bits per heavy atom. The second kappa shape index (κ2) is 10.4. The van der Waals surface area contributed by atoms with Crippen LogP contribution in [0.15, 0.2) is 36.8 Å². The van der Waals surface area contributed by atoms with E-state index < -0.39 is 0 Å². The van der Waals surface area contributed by atoms with E-state index in [-0.39, 0.29) is 18.1 Å². The fourth-order valence-electron chi connectivity index (χ4n) is 3.57. The van der Waals surface area contributed by atoms with E-state index in [4.69, 9.17) is 9.47 Å². The molecule has 0 saturated carbocycles. The third-order valence-corrected chi connectivity index (χ3v) is 6.91. The molecule has 1 aliphatic heterocycles. The van der Waals surface area contributed by atoms with Gasteiger partial charge in [0.1, 0.15) is 17.4 Å². The number of ether oxygens (including phenoxy) is 2. The van der Waals surface area contributed by atoms with Crippen LogP contribution < -0.4 is 10.1 Å². The summed E-state index contributed by atoms with van der Waals surface area (Å²) in [7, 11) is 0. The molecule has 0 aliphatic carbocycles. The van der Waals surface area contributed by atoms with Gasteiger partial charge < -0.3 is 14.8 Å². The molecular weight excluding hydrogens is 436 g/mol. The molecule has 7 nitrogen and oxygen atoms in total. The molecular formula is C25H30N4O3S. The van der Waals surface area contributed by atoms with E-state index in [1.807, 2.05) is 32.2 Å². The number of hydrogen-bond acceptors (Lipinski definition) is 7. The van der Waals surface area contributed by atoms with Crippen LogP contribution in [-0.2, 0) is 4.74 Å². The van der Waals surface area contributed by atoms with Gasteiger partial charge >= 0.3 is 0 Å². The van der Waals surface area contributed by atoms with Gasteiger partial charge in [0.05, 0.1) is 29.7 Å². The number of hydrogen-bond donors (Lipinski definition) is 1. The first kappa shape index (κ1) is 23.3. The van der Waals surface area contributed by atoms with Crippen LogP contribution in [0.25, 0.3) is 10.6 Å². The number of nitrogens with one attached hydrogen (secondary N) is 1. The second-order valence-corrected chi connectivity index (χ2v) is 9.75. The van der Waals surface area contributed by atoms with Crippen molar-refractivity contribution in [3.05, 3.63) is 58.6 Å². The van der Waals surface area contributed by atoms with Crippen molar-refractivity contribution in [2.75, 3.05) is 13.2 Å². The Bertz CT molecular complexity index is 1090. The SMILES string of the molecule is Cc1cnc([C@@H](C)NC(=O)c2cc(OC[C@H]3CCCO3)cc(-c3ncc(C(C)C)s3)c2)cn1. The van der Waals surface area contributed by atoms with Gasteiger partial charge in [-0.05, 0) is 50.8 Å². The number of thiazole rings is 1. The van der Waals surface area contributed by atoms with E-state index in [1.54, 1.807) is 29.8 Å². The summed E-state index contributed by atoms with van der Waals surface area (Å²) in [5, 5.41) is 3.89. The summed E-state index contributed by atoms with van der Waals surface area (Å²) in [6, 6.07) is 5.31. The highest BCUT2D eigenvalue weighted by Gasteiger charge is 2.19. The van der Waals surface area contributed by atoms with Crippen LogP contribution in [-0.4, -0.2) is 40.2 Å². The van der Waals surface area contributed by atoms with E-state index in [0.29, 0.717) is 29.5 Å². The summed E-state index contributed by atoms with van der Waals surface area (Å²) in [5.74, 6) is 0.834. The third kappa shape index (κ3) is 5.94. The van der Waals surface area contributed by atoms with Crippen molar-refractivity contribution >= 4 is 17.2 Å². The molecule has 33 heavy (non-hydrogen) atoms. The van der Waals surface area contributed by atoms with Crippen LogP contribution in [0.4, 0.5) is 0 Å². The van der Waals surface area contributed by atoms with Crippen LogP contribution >= 0.6 is 11.3 Å². The van der Waals surface area contributed by atoms with Gasteiger partial charge in [-0.2, -0.15) is 0 Å². The lowest BCUT2D eigenvalue weighted by Crippen LogP contribution is -2.27. The van der Waals surface area contributed by atoms with Gasteiger partial charge in [-0.25, -0.2) is 4.98 Å². The van der Waals surface area contributed by atoms with Gasteiger partial charge in [0.25, 0.3) is 5.91 Å². The Morgan fingerprint density at radius 2 is 2.03 bits per heavy atom. The number of benzene rings is 1. The maximum Gasteiger partial charge on any atom is 0.251 e. The fraction of sp³-hybridized carbons (Fsp3) is 0.440. The number of nitrogens with zero attached hydrogens (tertiary/aromatic N) is 3. The Kier molecular flexibility index (Phi) is 7.35. The number of carbonyl (C=O) groups is 1. The molecule has 8 heteroatoms. The predicted octanol–water partition coefficient (Wildman–Crippen LogP) is 5.08. The van der Waals surface area contributed by atoms with Gasteiger partial charge in [-0.3, -0.25) is 14.8 Å². The van der Waals surface area contributed by atoms with Crippen LogP contribution in [0.2, 0.25) is 0 Å². The van der Waals surface area contributed by atoms with Crippen molar-refractivity contribution in [2.45, 2.75) is 58.6 Å². The summed E-state index contributed by atoms with van der Waals surface area (Å²) in [6.07, 6.45) is 7.44. The maximum atomic E-state index is 13.1. The number of amides is 1. The van der Waals surface area contributed by atoms with Crippen molar-refractivity contribution in [1.29, 1.82) is 0 Å². The summed E-state index contributed by atoms with van der Waals surface area (Å²) < 4.78 is 11.7. The zero-order valence-corrected chi connectivity index (χ0v) is 20.3. The van der Waals surface area contributed by atoms with E-state index in [1.165, 1.54) is 4.88 Å². The molecule has 0 spiro atoms. The Balaban J connectivity index is 1.58. The van der Waals surface area contributed by atoms with Crippen molar-refractivity contribution in [3.63, 3.8) is 0 Å². The largest absolute Gasteiger partial charge is 0.491 e. The minimum Gasteiger partial charge on any atom is -0.491 e. The molecule has 1 fully saturated rings. The molecule has 3 heterocycles. The normalized spacial score (nSPS) is 16.7. The first-order valence-corrected chi connectivity index (χ1v) is 12.2. The molecule has 0 radical (unpaired) electrons. The first-order valence-electron chi connectivity index (χ1n) is 11.3. The highest BCUT2D eigenvalue weighted by Crippen LogP contribution is 2.32. The smallest absolute Gasteiger partial charge is 0.251 e.